The van der Waals surface area contributed by atoms with Gasteiger partial charge in [-0.3, -0.25) is 4.79 Å². The minimum atomic E-state index is -4.48. The highest BCUT2D eigenvalue weighted by Gasteiger charge is 2.40. The number of halogens is 3. The van der Waals surface area contributed by atoms with Gasteiger partial charge >= 0.3 is 6.18 Å². The van der Waals surface area contributed by atoms with E-state index < -0.39 is 18.0 Å². The second-order valence-electron chi connectivity index (χ2n) is 4.66. The number of carbonyl (C=O) groups is 1. The number of rotatable bonds is 6. The molecule has 1 aromatic rings. The largest absolute Gasteiger partial charge is 0.400 e. The molecule has 3 nitrogen and oxygen atoms in total. The van der Waals surface area contributed by atoms with Gasteiger partial charge in [-0.05, 0) is 25.5 Å². The number of hydrogen-bond acceptors (Lipinski definition) is 2. The highest BCUT2D eigenvalue weighted by atomic mass is 19.4. The number of nitrogens with one attached hydrogen (secondary N) is 1. The van der Waals surface area contributed by atoms with Crippen molar-refractivity contribution in [2.45, 2.75) is 19.5 Å². The van der Waals surface area contributed by atoms with Crippen LogP contribution in [0.1, 0.15) is 13.3 Å². The Morgan fingerprint density at radius 1 is 1.30 bits per heavy atom. The SMILES string of the molecule is C[C@H](C(=O)NCCCN(C)c1ccccc1)C(F)(F)F. The van der Waals surface area contributed by atoms with E-state index in [9.17, 15) is 18.0 Å². The molecule has 0 spiro atoms. The maximum Gasteiger partial charge on any atom is 0.400 e. The lowest BCUT2D eigenvalue weighted by molar-refractivity contribution is -0.178. The number of para-hydroxylation sites is 1. The minimum Gasteiger partial charge on any atom is -0.375 e. The van der Waals surface area contributed by atoms with E-state index in [0.29, 0.717) is 13.0 Å². The summed E-state index contributed by atoms with van der Waals surface area (Å²) in [6.07, 6.45) is -3.90. The zero-order chi connectivity index (χ0) is 15.2. The molecule has 20 heavy (non-hydrogen) atoms. The Kier molecular flexibility index (Phi) is 5.85. The van der Waals surface area contributed by atoms with Crippen molar-refractivity contribution in [2.75, 3.05) is 25.0 Å². The molecular formula is C14H19F3N2O. The van der Waals surface area contributed by atoms with Crippen LogP contribution >= 0.6 is 0 Å². The van der Waals surface area contributed by atoms with Crippen molar-refractivity contribution >= 4 is 11.6 Å². The number of amides is 1. The van der Waals surface area contributed by atoms with Crippen LogP contribution in [-0.4, -0.2) is 32.2 Å². The molecule has 112 valence electrons. The first-order valence-electron chi connectivity index (χ1n) is 6.43. The molecule has 1 amide bonds. The van der Waals surface area contributed by atoms with E-state index in [1.807, 2.05) is 42.3 Å². The summed E-state index contributed by atoms with van der Waals surface area (Å²) in [5, 5.41) is 2.31. The molecule has 0 saturated carbocycles. The standard InChI is InChI=1S/C14H19F3N2O/c1-11(14(15,16)17)13(20)18-9-6-10-19(2)12-7-4-3-5-8-12/h3-5,7-8,11H,6,9-10H2,1-2H3,(H,18,20)/t11-/m1/s1. The third-order valence-corrected chi connectivity index (χ3v) is 3.05. The molecule has 0 heterocycles. The smallest absolute Gasteiger partial charge is 0.375 e. The number of carbonyl (C=O) groups excluding carboxylic acids is 1. The predicted octanol–water partition coefficient (Wildman–Crippen LogP) is 2.83. The molecule has 6 heteroatoms. The fourth-order valence-corrected chi connectivity index (χ4v) is 1.64. The Morgan fingerprint density at radius 3 is 2.45 bits per heavy atom. The summed E-state index contributed by atoms with van der Waals surface area (Å²) < 4.78 is 36.9. The number of anilines is 1. The van der Waals surface area contributed by atoms with E-state index in [1.165, 1.54) is 0 Å². The molecule has 0 bridgehead atoms. The van der Waals surface area contributed by atoms with Gasteiger partial charge in [0.2, 0.25) is 5.91 Å². The molecule has 0 aromatic heterocycles. The Morgan fingerprint density at radius 2 is 1.90 bits per heavy atom. The maximum atomic E-state index is 12.3. The van der Waals surface area contributed by atoms with Crippen molar-refractivity contribution in [2.24, 2.45) is 5.92 Å². The van der Waals surface area contributed by atoms with Crippen molar-refractivity contribution in [3.05, 3.63) is 30.3 Å². The van der Waals surface area contributed by atoms with Gasteiger partial charge in [0.15, 0.2) is 0 Å². The van der Waals surface area contributed by atoms with Crippen LogP contribution in [0, 0.1) is 5.92 Å². The van der Waals surface area contributed by atoms with Crippen molar-refractivity contribution in [3.63, 3.8) is 0 Å². The van der Waals surface area contributed by atoms with Crippen molar-refractivity contribution in [1.29, 1.82) is 0 Å². The summed E-state index contributed by atoms with van der Waals surface area (Å²) in [6.45, 7) is 1.76. The molecule has 0 aliphatic rings. The van der Waals surface area contributed by atoms with Gasteiger partial charge in [0.25, 0.3) is 0 Å². The monoisotopic (exact) mass is 288 g/mol. The zero-order valence-electron chi connectivity index (χ0n) is 11.6. The third kappa shape index (κ3) is 5.11. The van der Waals surface area contributed by atoms with E-state index in [4.69, 9.17) is 0 Å². The first-order valence-corrected chi connectivity index (χ1v) is 6.43. The van der Waals surface area contributed by atoms with Gasteiger partial charge in [0, 0.05) is 25.8 Å². The minimum absolute atomic E-state index is 0.233. The molecule has 0 radical (unpaired) electrons. The van der Waals surface area contributed by atoms with E-state index >= 15 is 0 Å². The van der Waals surface area contributed by atoms with Crippen molar-refractivity contribution in [1.82, 2.24) is 5.32 Å². The van der Waals surface area contributed by atoms with E-state index in [2.05, 4.69) is 5.32 Å². The number of hydrogen-bond donors (Lipinski definition) is 1. The van der Waals surface area contributed by atoms with E-state index in [0.717, 1.165) is 12.6 Å². The van der Waals surface area contributed by atoms with Crippen LogP contribution in [0.15, 0.2) is 30.3 Å². The van der Waals surface area contributed by atoms with Crippen molar-refractivity contribution < 1.29 is 18.0 Å². The highest BCUT2D eigenvalue weighted by molar-refractivity contribution is 5.78. The third-order valence-electron chi connectivity index (χ3n) is 3.05. The van der Waals surface area contributed by atoms with Gasteiger partial charge in [-0.15, -0.1) is 0 Å². The quantitative estimate of drug-likeness (QED) is 0.816. The summed E-state index contributed by atoms with van der Waals surface area (Å²) in [5.74, 6) is -2.94. The average Bonchev–Trinajstić information content (AvgIpc) is 2.42. The first-order chi connectivity index (χ1) is 9.32. The Balaban J connectivity index is 2.27. The van der Waals surface area contributed by atoms with Gasteiger partial charge in [-0.25, -0.2) is 0 Å². The lowest BCUT2D eigenvalue weighted by Crippen LogP contribution is -2.38. The fraction of sp³-hybridized carbons (Fsp3) is 0.500. The van der Waals surface area contributed by atoms with Crippen LogP contribution in [0.25, 0.3) is 0 Å². The van der Waals surface area contributed by atoms with Crippen LogP contribution in [-0.2, 0) is 4.79 Å². The maximum absolute atomic E-state index is 12.3. The number of alkyl halides is 3. The summed E-state index contributed by atoms with van der Waals surface area (Å²) in [4.78, 5) is 13.2. The van der Waals surface area contributed by atoms with Crippen LogP contribution in [0.5, 0.6) is 0 Å². The summed E-state index contributed by atoms with van der Waals surface area (Å²) in [5.41, 5.74) is 1.03. The molecule has 1 rings (SSSR count). The summed E-state index contributed by atoms with van der Waals surface area (Å²) in [7, 11) is 1.90. The van der Waals surface area contributed by atoms with Crippen molar-refractivity contribution in [3.8, 4) is 0 Å². The van der Waals surface area contributed by atoms with E-state index in [-0.39, 0.29) is 6.54 Å². The Hall–Kier alpha value is -1.72. The summed E-state index contributed by atoms with van der Waals surface area (Å²) in [6, 6.07) is 9.64. The van der Waals surface area contributed by atoms with Gasteiger partial charge < -0.3 is 10.2 Å². The molecule has 1 aromatic carbocycles. The molecule has 0 unspecified atom stereocenters. The lowest BCUT2D eigenvalue weighted by Gasteiger charge is -2.20. The molecule has 1 N–H and O–H groups in total. The van der Waals surface area contributed by atoms with Crippen LogP contribution in [0.3, 0.4) is 0 Å². The Bertz CT molecular complexity index is 420. The number of nitrogens with zero attached hydrogens (tertiary/aromatic N) is 1. The average molecular weight is 288 g/mol. The molecule has 0 aliphatic carbocycles. The molecule has 0 aliphatic heterocycles. The number of benzene rings is 1. The fourth-order valence-electron chi connectivity index (χ4n) is 1.64. The topological polar surface area (TPSA) is 32.3 Å². The Labute approximate surface area is 116 Å². The first kappa shape index (κ1) is 16.3. The second kappa shape index (κ2) is 7.17. The summed E-state index contributed by atoms with van der Waals surface area (Å²) >= 11 is 0. The molecule has 0 saturated heterocycles. The molecule has 0 fully saturated rings. The van der Waals surface area contributed by atoms with Gasteiger partial charge in [-0.2, -0.15) is 13.2 Å². The van der Waals surface area contributed by atoms with Gasteiger partial charge in [-0.1, -0.05) is 18.2 Å². The van der Waals surface area contributed by atoms with Crippen LogP contribution in [0.2, 0.25) is 0 Å². The molecule has 1 atom stereocenters. The predicted molar refractivity (Wildman–Crippen MR) is 72.6 cm³/mol. The second-order valence-corrected chi connectivity index (χ2v) is 4.66. The zero-order valence-corrected chi connectivity index (χ0v) is 11.6. The normalized spacial score (nSPS) is 12.8. The van der Waals surface area contributed by atoms with E-state index in [1.54, 1.807) is 0 Å². The molecular weight excluding hydrogens is 269 g/mol. The lowest BCUT2D eigenvalue weighted by atomic mass is 10.1. The highest BCUT2D eigenvalue weighted by Crippen LogP contribution is 2.25. The van der Waals surface area contributed by atoms with Gasteiger partial charge in [0.1, 0.15) is 5.92 Å². The van der Waals surface area contributed by atoms with Gasteiger partial charge in [0.05, 0.1) is 0 Å². The van der Waals surface area contributed by atoms with Crippen LogP contribution in [0.4, 0.5) is 18.9 Å². The van der Waals surface area contributed by atoms with Crippen LogP contribution < -0.4 is 10.2 Å².